The normalized spacial score (nSPS) is 10.6. The van der Waals surface area contributed by atoms with E-state index in [1.807, 2.05) is 35.8 Å². The molecule has 2 aromatic rings. The fraction of sp³-hybridized carbons (Fsp3) is 0.200. The summed E-state index contributed by atoms with van der Waals surface area (Å²) in [6.07, 6.45) is 0. The van der Waals surface area contributed by atoms with Gasteiger partial charge in [-0.3, -0.25) is 4.57 Å². The largest absolute Gasteiger partial charge is 0.297 e. The SMILES string of the molecule is Cc1nnc(Cl)n1Cc1ccccc1Br. The molecule has 2 rings (SSSR count). The molecule has 0 amide bonds. The van der Waals surface area contributed by atoms with Gasteiger partial charge in [0, 0.05) is 4.47 Å². The fourth-order valence-electron chi connectivity index (χ4n) is 1.33. The molecule has 0 saturated heterocycles. The Morgan fingerprint density at radius 1 is 1.33 bits per heavy atom. The minimum atomic E-state index is 0.420. The van der Waals surface area contributed by atoms with Gasteiger partial charge in [-0.2, -0.15) is 0 Å². The number of benzene rings is 1. The van der Waals surface area contributed by atoms with Crippen molar-refractivity contribution < 1.29 is 0 Å². The highest BCUT2D eigenvalue weighted by molar-refractivity contribution is 9.10. The van der Waals surface area contributed by atoms with E-state index in [9.17, 15) is 0 Å². The molecule has 0 radical (unpaired) electrons. The van der Waals surface area contributed by atoms with Gasteiger partial charge < -0.3 is 0 Å². The third-order valence-corrected chi connectivity index (χ3v) is 3.23. The van der Waals surface area contributed by atoms with E-state index in [0.29, 0.717) is 11.8 Å². The Hall–Kier alpha value is -0.870. The van der Waals surface area contributed by atoms with Crippen molar-refractivity contribution in [3.05, 3.63) is 45.4 Å². The van der Waals surface area contributed by atoms with E-state index in [2.05, 4.69) is 26.1 Å². The van der Waals surface area contributed by atoms with Gasteiger partial charge in [0.1, 0.15) is 5.82 Å². The molecule has 3 nitrogen and oxygen atoms in total. The van der Waals surface area contributed by atoms with Gasteiger partial charge in [-0.1, -0.05) is 34.1 Å². The van der Waals surface area contributed by atoms with E-state index in [0.717, 1.165) is 15.9 Å². The smallest absolute Gasteiger partial charge is 0.225 e. The van der Waals surface area contributed by atoms with Crippen molar-refractivity contribution in [2.24, 2.45) is 0 Å². The number of hydrogen-bond donors (Lipinski definition) is 0. The van der Waals surface area contributed by atoms with E-state index in [1.54, 1.807) is 0 Å². The van der Waals surface area contributed by atoms with Gasteiger partial charge in [0.15, 0.2) is 0 Å². The molecule has 0 spiro atoms. The molecule has 15 heavy (non-hydrogen) atoms. The summed E-state index contributed by atoms with van der Waals surface area (Å²) in [4.78, 5) is 0. The number of hydrogen-bond acceptors (Lipinski definition) is 2. The highest BCUT2D eigenvalue weighted by Gasteiger charge is 2.07. The summed E-state index contributed by atoms with van der Waals surface area (Å²) in [5.74, 6) is 0.816. The van der Waals surface area contributed by atoms with Crippen molar-refractivity contribution in [1.82, 2.24) is 14.8 Å². The molecule has 5 heteroatoms. The molecular weight excluding hydrogens is 277 g/mol. The van der Waals surface area contributed by atoms with Crippen molar-refractivity contribution in [3.63, 3.8) is 0 Å². The molecule has 0 N–H and O–H groups in total. The second kappa shape index (κ2) is 4.33. The summed E-state index contributed by atoms with van der Waals surface area (Å²) in [6.45, 7) is 2.56. The second-order valence-electron chi connectivity index (χ2n) is 3.19. The van der Waals surface area contributed by atoms with Crippen LogP contribution in [0, 0.1) is 6.92 Å². The van der Waals surface area contributed by atoms with Crippen LogP contribution >= 0.6 is 27.5 Å². The molecule has 0 fully saturated rings. The minimum Gasteiger partial charge on any atom is -0.297 e. The summed E-state index contributed by atoms with van der Waals surface area (Å²) < 4.78 is 2.93. The first kappa shape index (κ1) is 10.6. The first-order chi connectivity index (χ1) is 7.18. The van der Waals surface area contributed by atoms with Gasteiger partial charge in [0.05, 0.1) is 6.54 Å². The lowest BCUT2D eigenvalue weighted by Crippen LogP contribution is -2.02. The van der Waals surface area contributed by atoms with Crippen LogP contribution in [0.5, 0.6) is 0 Å². The summed E-state index contributed by atoms with van der Waals surface area (Å²) >= 11 is 9.42. The first-order valence-electron chi connectivity index (χ1n) is 4.47. The first-order valence-corrected chi connectivity index (χ1v) is 5.64. The van der Waals surface area contributed by atoms with Crippen LogP contribution in [-0.2, 0) is 6.54 Å². The van der Waals surface area contributed by atoms with Crippen LogP contribution < -0.4 is 0 Å². The van der Waals surface area contributed by atoms with Crippen molar-refractivity contribution >= 4 is 27.5 Å². The van der Waals surface area contributed by atoms with Gasteiger partial charge in [0.25, 0.3) is 0 Å². The van der Waals surface area contributed by atoms with E-state index in [4.69, 9.17) is 11.6 Å². The summed E-state index contributed by atoms with van der Waals surface area (Å²) in [5, 5.41) is 8.13. The number of halogens is 2. The maximum absolute atomic E-state index is 5.92. The Kier molecular flexibility index (Phi) is 3.07. The van der Waals surface area contributed by atoms with Gasteiger partial charge in [-0.05, 0) is 30.2 Å². The van der Waals surface area contributed by atoms with Crippen LogP contribution in [-0.4, -0.2) is 14.8 Å². The lowest BCUT2D eigenvalue weighted by Gasteiger charge is -2.07. The average molecular weight is 287 g/mol. The quantitative estimate of drug-likeness (QED) is 0.849. The highest BCUT2D eigenvalue weighted by Crippen LogP contribution is 2.19. The van der Waals surface area contributed by atoms with E-state index < -0.39 is 0 Å². The lowest BCUT2D eigenvalue weighted by molar-refractivity contribution is 0.759. The van der Waals surface area contributed by atoms with E-state index >= 15 is 0 Å². The van der Waals surface area contributed by atoms with Gasteiger partial charge >= 0.3 is 0 Å². The van der Waals surface area contributed by atoms with E-state index in [-0.39, 0.29) is 0 Å². The molecule has 0 aliphatic rings. The summed E-state index contributed by atoms with van der Waals surface area (Å²) in [7, 11) is 0. The van der Waals surface area contributed by atoms with Crippen molar-refractivity contribution in [1.29, 1.82) is 0 Å². The molecule has 1 aromatic carbocycles. The molecule has 0 aliphatic carbocycles. The lowest BCUT2D eigenvalue weighted by atomic mass is 10.2. The van der Waals surface area contributed by atoms with Crippen LogP contribution in [0.25, 0.3) is 0 Å². The third kappa shape index (κ3) is 2.21. The van der Waals surface area contributed by atoms with Gasteiger partial charge in [-0.25, -0.2) is 0 Å². The number of aryl methyl sites for hydroxylation is 1. The Labute approximate surface area is 101 Å². The zero-order valence-corrected chi connectivity index (χ0v) is 10.5. The Morgan fingerprint density at radius 3 is 2.67 bits per heavy atom. The van der Waals surface area contributed by atoms with E-state index in [1.165, 1.54) is 0 Å². The van der Waals surface area contributed by atoms with Crippen LogP contribution in [0.4, 0.5) is 0 Å². The third-order valence-electron chi connectivity index (χ3n) is 2.18. The average Bonchev–Trinajstić information content (AvgIpc) is 2.53. The zero-order chi connectivity index (χ0) is 10.8. The fourth-order valence-corrected chi connectivity index (χ4v) is 1.96. The molecule has 0 saturated carbocycles. The monoisotopic (exact) mass is 285 g/mol. The number of aromatic nitrogens is 3. The van der Waals surface area contributed by atoms with Crippen LogP contribution in [0.3, 0.4) is 0 Å². The topological polar surface area (TPSA) is 30.7 Å². The van der Waals surface area contributed by atoms with Crippen LogP contribution in [0.2, 0.25) is 5.28 Å². The van der Waals surface area contributed by atoms with Gasteiger partial charge in [0.2, 0.25) is 5.28 Å². The molecule has 0 atom stereocenters. The Morgan fingerprint density at radius 2 is 2.07 bits per heavy atom. The van der Waals surface area contributed by atoms with Gasteiger partial charge in [-0.15, -0.1) is 10.2 Å². The molecular formula is C10H9BrClN3. The highest BCUT2D eigenvalue weighted by atomic mass is 79.9. The standard InChI is InChI=1S/C10H9BrClN3/c1-7-13-14-10(12)15(7)6-8-4-2-3-5-9(8)11/h2-5H,6H2,1H3. The Bertz CT molecular complexity index is 462. The zero-order valence-electron chi connectivity index (χ0n) is 8.11. The predicted molar refractivity (Wildman–Crippen MR) is 63.0 cm³/mol. The van der Waals surface area contributed by atoms with Crippen LogP contribution in [0.1, 0.15) is 11.4 Å². The second-order valence-corrected chi connectivity index (χ2v) is 4.39. The summed E-state index contributed by atoms with van der Waals surface area (Å²) in [5.41, 5.74) is 1.15. The molecule has 1 aromatic heterocycles. The van der Waals surface area contributed by atoms with Crippen molar-refractivity contribution in [2.75, 3.05) is 0 Å². The molecule has 1 heterocycles. The minimum absolute atomic E-state index is 0.420. The Balaban J connectivity index is 2.34. The van der Waals surface area contributed by atoms with Crippen LogP contribution in [0.15, 0.2) is 28.7 Å². The molecule has 0 bridgehead atoms. The summed E-state index contributed by atoms with van der Waals surface area (Å²) in [6, 6.07) is 8.02. The molecule has 0 aliphatic heterocycles. The van der Waals surface area contributed by atoms with Crippen molar-refractivity contribution in [3.8, 4) is 0 Å². The number of nitrogens with zero attached hydrogens (tertiary/aromatic N) is 3. The van der Waals surface area contributed by atoms with Crippen molar-refractivity contribution in [2.45, 2.75) is 13.5 Å². The maximum atomic E-state index is 5.92. The number of rotatable bonds is 2. The molecule has 0 unspecified atom stereocenters. The maximum Gasteiger partial charge on any atom is 0.225 e. The molecule has 78 valence electrons. The predicted octanol–water partition coefficient (Wildman–Crippen LogP) is 3.05.